The molecule has 86 valence electrons. The van der Waals surface area contributed by atoms with E-state index in [4.69, 9.17) is 5.26 Å². The molecule has 2 aromatic carbocycles. The molecule has 0 aromatic heterocycles. The Bertz CT molecular complexity index is 618. The molecule has 0 saturated carbocycles. The minimum absolute atomic E-state index is 0.645. The van der Waals surface area contributed by atoms with Crippen LogP contribution in [0, 0.1) is 11.3 Å². The smallest absolute Gasteiger partial charge is 0.0991 e. The Labute approximate surface area is 110 Å². The number of nitrogens with one attached hydrogen (secondary N) is 1. The van der Waals surface area contributed by atoms with Crippen LogP contribution < -0.4 is 5.32 Å². The maximum absolute atomic E-state index is 8.70. The lowest BCUT2D eigenvalue weighted by molar-refractivity contribution is 1.47. The molecule has 0 radical (unpaired) electrons. The molecule has 0 bridgehead atoms. The van der Waals surface area contributed by atoms with Gasteiger partial charge in [-0.2, -0.15) is 10.3 Å². The van der Waals surface area contributed by atoms with Gasteiger partial charge >= 0.3 is 0 Å². The number of aliphatic imine (C=N–C) groups is 1. The van der Waals surface area contributed by atoms with Crippen LogP contribution in [0.25, 0.3) is 0 Å². The summed E-state index contributed by atoms with van der Waals surface area (Å²) in [6.07, 6.45) is 0. The number of hydrogen-bond acceptors (Lipinski definition) is 4. The first kappa shape index (κ1) is 12.0. The fraction of sp³-hybridized carbons (Fsp3) is 0. The van der Waals surface area contributed by atoms with E-state index in [1.54, 1.807) is 12.1 Å². The molecule has 3 nitrogen and oxygen atoms in total. The molecule has 2 rings (SSSR count). The van der Waals surface area contributed by atoms with Crippen molar-refractivity contribution < 1.29 is 0 Å². The van der Waals surface area contributed by atoms with Crippen molar-refractivity contribution in [2.75, 3.05) is 5.32 Å². The van der Waals surface area contributed by atoms with Gasteiger partial charge in [-0.3, -0.25) is 0 Å². The first-order chi connectivity index (χ1) is 8.81. The fourth-order valence-electron chi connectivity index (χ4n) is 1.47. The van der Waals surface area contributed by atoms with Gasteiger partial charge in [-0.15, -0.1) is 0 Å². The topological polar surface area (TPSA) is 48.2 Å². The molecule has 1 N–H and O–H groups in total. The Hall–Kier alpha value is -2.47. The second-order valence-electron chi connectivity index (χ2n) is 3.56. The molecule has 2 aromatic rings. The molecule has 0 heterocycles. The third kappa shape index (κ3) is 3.02. The minimum Gasteiger partial charge on any atom is -0.356 e. The second-order valence-corrected chi connectivity index (χ2v) is 3.75. The van der Waals surface area contributed by atoms with E-state index >= 15 is 0 Å². The van der Waals surface area contributed by atoms with Gasteiger partial charge in [-0.25, -0.2) is 0 Å². The number of rotatable bonds is 3. The predicted octanol–water partition coefficient (Wildman–Crippen LogP) is 4.04. The van der Waals surface area contributed by atoms with Crippen molar-refractivity contribution in [3.05, 3.63) is 54.1 Å². The van der Waals surface area contributed by atoms with E-state index in [1.807, 2.05) is 36.4 Å². The molecule has 0 aliphatic heterocycles. The standard InChI is InChI=1S/C14H9N3S/c15-9-11-1-3-13(4-2-11)17-14-7-5-12(6-8-14)16-10-18/h1-8,17H. The van der Waals surface area contributed by atoms with Crippen molar-refractivity contribution in [2.45, 2.75) is 0 Å². The number of anilines is 2. The molecular formula is C14H9N3S. The average molecular weight is 251 g/mol. The summed E-state index contributed by atoms with van der Waals surface area (Å²) in [5.41, 5.74) is 3.30. The number of isothiocyanates is 1. The number of benzene rings is 2. The van der Waals surface area contributed by atoms with E-state index in [0.717, 1.165) is 17.1 Å². The van der Waals surface area contributed by atoms with Crippen LogP contribution in [-0.4, -0.2) is 5.16 Å². The fourth-order valence-corrected chi connectivity index (χ4v) is 1.57. The maximum Gasteiger partial charge on any atom is 0.0991 e. The van der Waals surface area contributed by atoms with Crippen LogP contribution in [0.3, 0.4) is 0 Å². The van der Waals surface area contributed by atoms with Gasteiger partial charge in [0.25, 0.3) is 0 Å². The van der Waals surface area contributed by atoms with E-state index in [-0.39, 0.29) is 0 Å². The Morgan fingerprint density at radius 2 is 1.50 bits per heavy atom. The van der Waals surface area contributed by atoms with Gasteiger partial charge in [0.05, 0.1) is 22.5 Å². The summed E-state index contributed by atoms with van der Waals surface area (Å²) in [4.78, 5) is 3.88. The molecule has 0 aliphatic rings. The third-order valence-electron chi connectivity index (χ3n) is 2.34. The summed E-state index contributed by atoms with van der Waals surface area (Å²) in [7, 11) is 0. The zero-order valence-corrected chi connectivity index (χ0v) is 10.2. The van der Waals surface area contributed by atoms with Crippen LogP contribution in [0.5, 0.6) is 0 Å². The zero-order chi connectivity index (χ0) is 12.8. The molecular weight excluding hydrogens is 242 g/mol. The van der Waals surface area contributed by atoms with Crippen molar-refractivity contribution >= 4 is 34.4 Å². The normalized spacial score (nSPS) is 9.06. The largest absolute Gasteiger partial charge is 0.356 e. The highest BCUT2D eigenvalue weighted by molar-refractivity contribution is 7.78. The van der Waals surface area contributed by atoms with E-state index in [2.05, 4.69) is 33.8 Å². The zero-order valence-electron chi connectivity index (χ0n) is 9.42. The summed E-state index contributed by atoms with van der Waals surface area (Å²) in [5, 5.41) is 14.3. The number of nitrogens with zero attached hydrogens (tertiary/aromatic N) is 2. The van der Waals surface area contributed by atoms with Crippen LogP contribution in [-0.2, 0) is 0 Å². The highest BCUT2D eigenvalue weighted by Gasteiger charge is 1.95. The van der Waals surface area contributed by atoms with Crippen LogP contribution in [0.4, 0.5) is 17.1 Å². The number of hydrogen-bond donors (Lipinski definition) is 1. The van der Waals surface area contributed by atoms with Crippen molar-refractivity contribution in [1.82, 2.24) is 0 Å². The summed E-state index contributed by atoms with van der Waals surface area (Å²) in [5.74, 6) is 0. The Kier molecular flexibility index (Phi) is 3.83. The number of nitriles is 1. The quantitative estimate of drug-likeness (QED) is 0.661. The van der Waals surface area contributed by atoms with Gasteiger partial charge in [-0.05, 0) is 60.7 Å². The Morgan fingerprint density at radius 1 is 0.944 bits per heavy atom. The van der Waals surface area contributed by atoms with Gasteiger partial charge < -0.3 is 5.32 Å². The lowest BCUT2D eigenvalue weighted by atomic mass is 10.2. The van der Waals surface area contributed by atoms with Crippen LogP contribution in [0.15, 0.2) is 53.5 Å². The molecule has 0 aliphatic carbocycles. The molecule has 0 spiro atoms. The second kappa shape index (κ2) is 5.74. The van der Waals surface area contributed by atoms with Crippen molar-refractivity contribution in [1.29, 1.82) is 5.26 Å². The summed E-state index contributed by atoms with van der Waals surface area (Å²) in [6.45, 7) is 0. The van der Waals surface area contributed by atoms with Crippen LogP contribution in [0.1, 0.15) is 5.56 Å². The van der Waals surface area contributed by atoms with Gasteiger partial charge in [0.2, 0.25) is 0 Å². The van der Waals surface area contributed by atoms with Gasteiger partial charge in [-0.1, -0.05) is 0 Å². The monoisotopic (exact) mass is 251 g/mol. The molecule has 0 unspecified atom stereocenters. The highest BCUT2D eigenvalue weighted by atomic mass is 32.1. The SMILES string of the molecule is N#Cc1ccc(Nc2ccc(N=C=S)cc2)cc1. The summed E-state index contributed by atoms with van der Waals surface area (Å²) < 4.78 is 0. The van der Waals surface area contributed by atoms with Crippen molar-refractivity contribution in [3.8, 4) is 6.07 Å². The van der Waals surface area contributed by atoms with Gasteiger partial charge in [0.1, 0.15) is 0 Å². The van der Waals surface area contributed by atoms with Crippen molar-refractivity contribution in [3.63, 3.8) is 0 Å². The molecule has 0 saturated heterocycles. The molecule has 0 fully saturated rings. The average Bonchev–Trinajstić information content (AvgIpc) is 2.42. The van der Waals surface area contributed by atoms with E-state index < -0.39 is 0 Å². The molecule has 0 atom stereocenters. The van der Waals surface area contributed by atoms with Crippen molar-refractivity contribution in [2.24, 2.45) is 4.99 Å². The maximum atomic E-state index is 8.70. The predicted molar refractivity (Wildman–Crippen MR) is 75.6 cm³/mol. The van der Waals surface area contributed by atoms with E-state index in [0.29, 0.717) is 5.56 Å². The van der Waals surface area contributed by atoms with Crippen LogP contribution in [0.2, 0.25) is 0 Å². The van der Waals surface area contributed by atoms with E-state index in [9.17, 15) is 0 Å². The molecule has 4 heteroatoms. The Morgan fingerprint density at radius 3 is 2.00 bits per heavy atom. The summed E-state index contributed by atoms with van der Waals surface area (Å²) >= 11 is 4.54. The highest BCUT2D eigenvalue weighted by Crippen LogP contribution is 2.20. The van der Waals surface area contributed by atoms with E-state index in [1.165, 1.54) is 0 Å². The first-order valence-electron chi connectivity index (χ1n) is 5.27. The Balaban J connectivity index is 2.13. The lowest BCUT2D eigenvalue weighted by Crippen LogP contribution is -1.89. The van der Waals surface area contributed by atoms with Gasteiger partial charge in [0, 0.05) is 11.4 Å². The van der Waals surface area contributed by atoms with Gasteiger partial charge in [0.15, 0.2) is 0 Å². The minimum atomic E-state index is 0.645. The number of thiocarbonyl (C=S) groups is 1. The van der Waals surface area contributed by atoms with Crippen LogP contribution >= 0.6 is 12.2 Å². The third-order valence-corrected chi connectivity index (χ3v) is 2.44. The lowest BCUT2D eigenvalue weighted by Gasteiger charge is -2.06. The molecule has 0 amide bonds. The molecule has 18 heavy (non-hydrogen) atoms. The summed E-state index contributed by atoms with van der Waals surface area (Å²) in [6, 6.07) is 16.9. The first-order valence-corrected chi connectivity index (χ1v) is 5.68.